The second-order valence-corrected chi connectivity index (χ2v) is 13.1. The molecule has 4 atom stereocenters. The van der Waals surface area contributed by atoms with E-state index in [1.807, 2.05) is 0 Å². The largest absolute Gasteiger partial charge is 0.301 e. The molecule has 0 heterocycles. The molecule has 0 aliphatic heterocycles. The van der Waals surface area contributed by atoms with E-state index in [0.717, 1.165) is 54.0 Å². The van der Waals surface area contributed by atoms with E-state index in [0.29, 0.717) is 12.1 Å². The third kappa shape index (κ3) is 9.36. The van der Waals surface area contributed by atoms with Gasteiger partial charge in [0, 0.05) is 18.8 Å². The van der Waals surface area contributed by atoms with Crippen molar-refractivity contribution in [2.24, 2.45) is 47.3 Å². The summed E-state index contributed by atoms with van der Waals surface area (Å²) >= 11 is 0. The highest BCUT2D eigenvalue weighted by Crippen LogP contribution is 2.38. The van der Waals surface area contributed by atoms with Crippen LogP contribution in [0.5, 0.6) is 0 Å². The Kier molecular flexibility index (Phi) is 11.9. The summed E-state index contributed by atoms with van der Waals surface area (Å²) in [5.41, 5.74) is 0. The number of hydrogen-bond acceptors (Lipinski definition) is 2. The van der Waals surface area contributed by atoms with Gasteiger partial charge in [-0.05, 0) is 98.7 Å². The van der Waals surface area contributed by atoms with Gasteiger partial charge in [0.05, 0.1) is 0 Å². The van der Waals surface area contributed by atoms with Gasteiger partial charge >= 0.3 is 0 Å². The number of hydrogen-bond donors (Lipinski definition) is 2. The molecule has 0 aromatic rings. The topological polar surface area (TPSA) is 24.1 Å². The summed E-state index contributed by atoms with van der Waals surface area (Å²) in [6, 6.07) is 1.42. The van der Waals surface area contributed by atoms with E-state index in [4.69, 9.17) is 0 Å². The van der Waals surface area contributed by atoms with E-state index in [1.54, 1.807) is 0 Å². The third-order valence-electron chi connectivity index (χ3n) is 8.10. The molecule has 31 heavy (non-hydrogen) atoms. The second-order valence-electron chi connectivity index (χ2n) is 13.1. The molecule has 0 amide bonds. The first-order valence-electron chi connectivity index (χ1n) is 14.1. The SMILES string of the molecule is CC(C)CC1CCCC(CC(C)C)C1NCNC1C(CC(C)C)CCCC1CC(C)C. The maximum atomic E-state index is 4.12. The summed E-state index contributed by atoms with van der Waals surface area (Å²) in [6.45, 7) is 20.3. The summed E-state index contributed by atoms with van der Waals surface area (Å²) in [5.74, 6) is 6.70. The Labute approximate surface area is 196 Å². The molecular weight excluding hydrogens is 376 g/mol. The van der Waals surface area contributed by atoms with Crippen LogP contribution in [-0.4, -0.2) is 18.8 Å². The van der Waals surface area contributed by atoms with Gasteiger partial charge in [0.25, 0.3) is 0 Å². The molecule has 184 valence electrons. The van der Waals surface area contributed by atoms with Crippen molar-refractivity contribution in [3.8, 4) is 0 Å². The van der Waals surface area contributed by atoms with Crippen molar-refractivity contribution in [2.45, 2.75) is 132 Å². The van der Waals surface area contributed by atoms with Crippen molar-refractivity contribution in [3.05, 3.63) is 0 Å². The molecule has 2 heteroatoms. The van der Waals surface area contributed by atoms with Crippen LogP contribution < -0.4 is 10.6 Å². The first-order chi connectivity index (χ1) is 14.7. The highest BCUT2D eigenvalue weighted by atomic mass is 15.1. The summed E-state index contributed by atoms with van der Waals surface area (Å²) in [7, 11) is 0. The van der Waals surface area contributed by atoms with Crippen molar-refractivity contribution in [1.29, 1.82) is 0 Å². The Morgan fingerprint density at radius 3 is 0.968 bits per heavy atom. The van der Waals surface area contributed by atoms with Gasteiger partial charge in [-0.15, -0.1) is 0 Å². The fourth-order valence-electron chi connectivity index (χ4n) is 7.21. The highest BCUT2D eigenvalue weighted by Gasteiger charge is 2.36. The standard InChI is InChI=1S/C29H58N2/c1-20(2)15-24-11-9-12-25(16-21(3)4)28(24)30-19-31-29-26(17-22(5)6)13-10-14-27(29)18-23(7)8/h20-31H,9-19H2,1-8H3. The molecule has 2 saturated carbocycles. The van der Waals surface area contributed by atoms with Crippen LogP contribution in [0.4, 0.5) is 0 Å². The number of rotatable bonds is 12. The van der Waals surface area contributed by atoms with Gasteiger partial charge in [-0.3, -0.25) is 0 Å². The van der Waals surface area contributed by atoms with E-state index in [-0.39, 0.29) is 0 Å². The zero-order valence-corrected chi connectivity index (χ0v) is 22.6. The van der Waals surface area contributed by atoms with Gasteiger partial charge in [0.2, 0.25) is 0 Å². The van der Waals surface area contributed by atoms with E-state index in [9.17, 15) is 0 Å². The van der Waals surface area contributed by atoms with Gasteiger partial charge in [0.15, 0.2) is 0 Å². The Bertz CT molecular complexity index is 391. The van der Waals surface area contributed by atoms with Gasteiger partial charge in [0.1, 0.15) is 0 Å². The Balaban J connectivity index is 2.04. The molecule has 2 fully saturated rings. The minimum absolute atomic E-state index is 0.710. The zero-order valence-electron chi connectivity index (χ0n) is 22.6. The molecule has 0 spiro atoms. The maximum Gasteiger partial charge on any atom is 0.0458 e. The maximum absolute atomic E-state index is 4.12. The molecule has 0 aromatic carbocycles. The smallest absolute Gasteiger partial charge is 0.0458 e. The summed E-state index contributed by atoms with van der Waals surface area (Å²) in [6.07, 6.45) is 14.2. The van der Waals surface area contributed by atoms with Crippen LogP contribution in [0, 0.1) is 47.3 Å². The third-order valence-corrected chi connectivity index (χ3v) is 8.10. The fourth-order valence-corrected chi connectivity index (χ4v) is 7.21. The molecule has 2 N–H and O–H groups in total. The molecular formula is C29H58N2. The molecule has 2 aliphatic rings. The molecule has 2 aliphatic carbocycles. The van der Waals surface area contributed by atoms with Gasteiger partial charge in [-0.2, -0.15) is 0 Å². The Morgan fingerprint density at radius 2 is 0.742 bits per heavy atom. The van der Waals surface area contributed by atoms with Crippen molar-refractivity contribution >= 4 is 0 Å². The Hall–Kier alpha value is -0.0800. The van der Waals surface area contributed by atoms with E-state index in [1.165, 1.54) is 64.2 Å². The van der Waals surface area contributed by atoms with E-state index < -0.39 is 0 Å². The van der Waals surface area contributed by atoms with Crippen LogP contribution in [0.1, 0.15) is 120 Å². The second kappa shape index (κ2) is 13.6. The lowest BCUT2D eigenvalue weighted by molar-refractivity contribution is 0.118. The predicted molar refractivity (Wildman–Crippen MR) is 138 cm³/mol. The van der Waals surface area contributed by atoms with Crippen molar-refractivity contribution < 1.29 is 0 Å². The van der Waals surface area contributed by atoms with Crippen molar-refractivity contribution in [1.82, 2.24) is 10.6 Å². The average Bonchev–Trinajstić information content (AvgIpc) is 2.63. The molecule has 4 unspecified atom stereocenters. The van der Waals surface area contributed by atoms with E-state index in [2.05, 4.69) is 66.0 Å². The minimum atomic E-state index is 0.710. The molecule has 2 nitrogen and oxygen atoms in total. The molecule has 0 bridgehead atoms. The lowest BCUT2D eigenvalue weighted by Gasteiger charge is -2.43. The summed E-state index contributed by atoms with van der Waals surface area (Å²) in [5, 5.41) is 8.23. The average molecular weight is 435 g/mol. The normalized spacial score (nSPS) is 32.5. The van der Waals surface area contributed by atoms with Gasteiger partial charge in [-0.25, -0.2) is 0 Å². The lowest BCUT2D eigenvalue weighted by atomic mass is 9.71. The van der Waals surface area contributed by atoms with E-state index >= 15 is 0 Å². The molecule has 0 aromatic heterocycles. The molecule has 0 radical (unpaired) electrons. The number of nitrogens with one attached hydrogen (secondary N) is 2. The highest BCUT2D eigenvalue weighted by molar-refractivity contribution is 4.91. The summed E-state index contributed by atoms with van der Waals surface area (Å²) in [4.78, 5) is 0. The van der Waals surface area contributed by atoms with Crippen LogP contribution in [0.3, 0.4) is 0 Å². The van der Waals surface area contributed by atoms with Crippen LogP contribution in [0.25, 0.3) is 0 Å². The Morgan fingerprint density at radius 1 is 0.484 bits per heavy atom. The van der Waals surface area contributed by atoms with Crippen molar-refractivity contribution in [3.63, 3.8) is 0 Å². The van der Waals surface area contributed by atoms with Crippen LogP contribution >= 0.6 is 0 Å². The van der Waals surface area contributed by atoms with Crippen LogP contribution in [0.15, 0.2) is 0 Å². The first-order valence-corrected chi connectivity index (χ1v) is 14.1. The fraction of sp³-hybridized carbons (Fsp3) is 1.00. The quantitative estimate of drug-likeness (QED) is 0.305. The minimum Gasteiger partial charge on any atom is -0.301 e. The molecule has 0 saturated heterocycles. The predicted octanol–water partition coefficient (Wildman–Crippen LogP) is 7.88. The zero-order chi connectivity index (χ0) is 23.0. The van der Waals surface area contributed by atoms with Crippen LogP contribution in [-0.2, 0) is 0 Å². The monoisotopic (exact) mass is 434 g/mol. The summed E-state index contributed by atoms with van der Waals surface area (Å²) < 4.78 is 0. The van der Waals surface area contributed by atoms with Gasteiger partial charge in [-0.1, -0.05) is 68.2 Å². The molecule has 2 rings (SSSR count). The lowest BCUT2D eigenvalue weighted by Crippen LogP contribution is -2.53. The first kappa shape index (κ1) is 27.2. The van der Waals surface area contributed by atoms with Gasteiger partial charge < -0.3 is 10.6 Å². The van der Waals surface area contributed by atoms with Crippen LogP contribution in [0.2, 0.25) is 0 Å². The van der Waals surface area contributed by atoms with Crippen molar-refractivity contribution in [2.75, 3.05) is 6.67 Å².